The molecule has 6 aromatic rings. The average molecular weight is 963 g/mol. The van der Waals surface area contributed by atoms with Gasteiger partial charge in [-0.15, -0.1) is 0 Å². The van der Waals surface area contributed by atoms with Crippen LogP contribution in [0.2, 0.25) is 0 Å². The highest BCUT2D eigenvalue weighted by atomic mass is 16.6. The lowest BCUT2D eigenvalue weighted by atomic mass is 9.67. The number of carbonyl (C=O) groups is 2. The van der Waals surface area contributed by atoms with E-state index in [1.54, 1.807) is 13.8 Å². The maximum absolute atomic E-state index is 11.6. The van der Waals surface area contributed by atoms with Crippen molar-refractivity contribution in [3.63, 3.8) is 0 Å². The molecule has 1 aliphatic carbocycles. The number of hydrogen-bond donors (Lipinski definition) is 2. The van der Waals surface area contributed by atoms with E-state index in [1.165, 1.54) is 0 Å². The van der Waals surface area contributed by atoms with Crippen LogP contribution in [0.25, 0.3) is 33.4 Å². The molecule has 0 amide bonds. The highest BCUT2D eigenvalue weighted by Crippen LogP contribution is 2.57. The quantitative estimate of drug-likeness (QED) is 0.0274. The zero-order chi connectivity index (χ0) is 50.0. The van der Waals surface area contributed by atoms with Gasteiger partial charge in [-0.2, -0.15) is 0 Å². The van der Waals surface area contributed by atoms with Gasteiger partial charge in [-0.25, -0.2) is 9.59 Å². The number of rotatable bonds is 28. The molecule has 370 valence electrons. The Morgan fingerprint density at radius 1 is 0.451 bits per heavy atom. The van der Waals surface area contributed by atoms with Crippen molar-refractivity contribution in [2.45, 2.75) is 31.5 Å². The zero-order valence-corrected chi connectivity index (χ0v) is 40.4. The van der Waals surface area contributed by atoms with Crippen LogP contribution >= 0.6 is 0 Å². The molecule has 0 aliphatic heterocycles. The summed E-state index contributed by atoms with van der Waals surface area (Å²) in [6, 6.07) is 50.7. The summed E-state index contributed by atoms with van der Waals surface area (Å²) in [4.78, 5) is 23.2. The predicted molar refractivity (Wildman–Crippen MR) is 272 cm³/mol. The van der Waals surface area contributed by atoms with Crippen molar-refractivity contribution in [3.8, 4) is 44.9 Å². The van der Waals surface area contributed by atoms with E-state index in [9.17, 15) is 19.8 Å². The molecule has 0 aromatic heterocycles. The van der Waals surface area contributed by atoms with Crippen molar-refractivity contribution < 1.29 is 57.7 Å². The minimum absolute atomic E-state index is 0.000778. The third-order valence-electron chi connectivity index (χ3n) is 11.8. The summed E-state index contributed by atoms with van der Waals surface area (Å²) in [6.45, 7) is 12.1. The highest BCUT2D eigenvalue weighted by Gasteiger charge is 2.46. The Balaban J connectivity index is 1.11. The molecule has 1 aliphatic rings. The molecule has 2 unspecified atom stereocenters. The molecule has 2 N–H and O–H groups in total. The molecule has 12 nitrogen and oxygen atoms in total. The molecule has 0 bridgehead atoms. The molecule has 0 saturated heterocycles. The Morgan fingerprint density at radius 3 is 1.23 bits per heavy atom. The van der Waals surface area contributed by atoms with Gasteiger partial charge in [0.2, 0.25) is 0 Å². The summed E-state index contributed by atoms with van der Waals surface area (Å²) >= 11 is 0. The summed E-state index contributed by atoms with van der Waals surface area (Å²) in [5, 5.41) is 20.2. The van der Waals surface area contributed by atoms with Crippen molar-refractivity contribution in [1.29, 1.82) is 0 Å². The molecule has 0 fully saturated rings. The first kappa shape index (κ1) is 51.9. The van der Waals surface area contributed by atoms with Gasteiger partial charge in [0.1, 0.15) is 50.1 Å². The number of hydrogen-bond acceptors (Lipinski definition) is 12. The third-order valence-corrected chi connectivity index (χ3v) is 11.8. The number of fused-ring (bicyclic) bond motifs is 3. The Bertz CT molecular complexity index is 2530. The van der Waals surface area contributed by atoms with E-state index in [4.69, 9.17) is 37.9 Å². The molecule has 71 heavy (non-hydrogen) atoms. The molecule has 0 radical (unpaired) electrons. The Morgan fingerprint density at radius 2 is 0.817 bits per heavy atom. The van der Waals surface area contributed by atoms with Crippen LogP contribution in [0.3, 0.4) is 0 Å². The van der Waals surface area contributed by atoms with E-state index in [1.807, 2.05) is 36.4 Å². The molecule has 0 heterocycles. The number of esters is 2. The van der Waals surface area contributed by atoms with E-state index in [0.717, 1.165) is 55.6 Å². The molecular formula is C59H62O12. The predicted octanol–water partition coefficient (Wildman–Crippen LogP) is 9.17. The van der Waals surface area contributed by atoms with Crippen LogP contribution in [0.4, 0.5) is 0 Å². The van der Waals surface area contributed by atoms with Crippen molar-refractivity contribution in [3.05, 3.63) is 192 Å². The van der Waals surface area contributed by atoms with Crippen LogP contribution in [-0.4, -0.2) is 114 Å². The van der Waals surface area contributed by atoms with Crippen molar-refractivity contribution >= 4 is 11.9 Å². The van der Waals surface area contributed by atoms with E-state index in [-0.39, 0.29) is 77.2 Å². The van der Waals surface area contributed by atoms with Gasteiger partial charge in [0.05, 0.1) is 58.3 Å². The van der Waals surface area contributed by atoms with Crippen LogP contribution < -0.4 is 9.47 Å². The van der Waals surface area contributed by atoms with Gasteiger partial charge in [-0.05, 0) is 82.6 Å². The minimum Gasteiger partial charge on any atom is -0.491 e. The Hall–Kier alpha value is -6.90. The first-order valence-corrected chi connectivity index (χ1v) is 23.7. The normalized spacial score (nSPS) is 13.1. The van der Waals surface area contributed by atoms with Gasteiger partial charge >= 0.3 is 11.9 Å². The fourth-order valence-electron chi connectivity index (χ4n) is 8.47. The standard InChI is InChI=1S/C59H62O12/c1-41(2)57(62)70-39-47(60)37-66-29-27-64-31-33-68-55-25-23-45(35-51(55)43-15-7-5-8-16-43)59(53-21-13-11-19-49(53)50-20-12-14-22-54(50)59)46-24-26-56(52(36-46)44-17-9-6-10-18-44)69-34-32-65-28-30-67-38-48(61)40-71-58(63)42(3)4/h5-26,35-36,47-48,60-61H,1,3,27-34,37-40H2,2,4H3. The monoisotopic (exact) mass is 962 g/mol. The van der Waals surface area contributed by atoms with Gasteiger partial charge in [-0.1, -0.05) is 134 Å². The average Bonchev–Trinajstić information content (AvgIpc) is 3.70. The van der Waals surface area contributed by atoms with Gasteiger partial charge in [0.15, 0.2) is 0 Å². The molecule has 12 heteroatoms. The maximum atomic E-state index is 11.6. The SMILES string of the molecule is C=C(C)C(=O)OCC(O)COCCOCCOc1ccc(C2(c3ccc(OCCOCCOCC(O)COC(=O)C(=C)C)c(-c4ccccc4)c3)c3ccccc3-c3ccccc32)cc1-c1ccccc1. The lowest BCUT2D eigenvalue weighted by molar-refractivity contribution is -0.143. The Labute approximate surface area is 416 Å². The fourth-order valence-corrected chi connectivity index (χ4v) is 8.47. The van der Waals surface area contributed by atoms with E-state index in [2.05, 4.69) is 122 Å². The number of benzene rings is 6. The van der Waals surface area contributed by atoms with Crippen molar-refractivity contribution in [2.75, 3.05) is 79.3 Å². The lowest BCUT2D eigenvalue weighted by Gasteiger charge is -2.35. The lowest BCUT2D eigenvalue weighted by Crippen LogP contribution is -2.29. The van der Waals surface area contributed by atoms with E-state index < -0.39 is 29.6 Å². The highest BCUT2D eigenvalue weighted by molar-refractivity contribution is 5.89. The van der Waals surface area contributed by atoms with E-state index >= 15 is 0 Å². The molecule has 0 saturated carbocycles. The fraction of sp³-hybridized carbons (Fsp3) is 0.288. The maximum Gasteiger partial charge on any atom is 0.333 e. The number of aliphatic hydroxyl groups excluding tert-OH is 2. The summed E-state index contributed by atoms with van der Waals surface area (Å²) in [7, 11) is 0. The first-order chi connectivity index (χ1) is 34.6. The summed E-state index contributed by atoms with van der Waals surface area (Å²) in [6.07, 6.45) is -1.91. The summed E-state index contributed by atoms with van der Waals surface area (Å²) in [5.74, 6) is 0.311. The van der Waals surface area contributed by atoms with Gasteiger partial charge < -0.3 is 48.1 Å². The minimum atomic E-state index is -0.954. The molecule has 6 aromatic carbocycles. The van der Waals surface area contributed by atoms with Crippen molar-refractivity contribution in [2.24, 2.45) is 0 Å². The molecule has 0 spiro atoms. The Kier molecular flexibility index (Phi) is 18.9. The molecule has 7 rings (SSSR count). The number of carbonyl (C=O) groups excluding carboxylic acids is 2. The van der Waals surface area contributed by atoms with Gasteiger partial charge in [0.25, 0.3) is 0 Å². The third kappa shape index (κ3) is 13.3. The van der Waals surface area contributed by atoms with E-state index in [0.29, 0.717) is 24.7 Å². The second-order valence-corrected chi connectivity index (χ2v) is 17.1. The first-order valence-electron chi connectivity index (χ1n) is 23.7. The van der Waals surface area contributed by atoms with Crippen LogP contribution in [-0.2, 0) is 43.4 Å². The van der Waals surface area contributed by atoms with Crippen LogP contribution in [0.15, 0.2) is 170 Å². The topological polar surface area (TPSA) is 148 Å². The largest absolute Gasteiger partial charge is 0.491 e. The number of ether oxygens (including phenoxy) is 8. The van der Waals surface area contributed by atoms with Crippen LogP contribution in [0, 0.1) is 0 Å². The van der Waals surface area contributed by atoms with Crippen LogP contribution in [0.1, 0.15) is 36.1 Å². The second-order valence-electron chi connectivity index (χ2n) is 17.1. The van der Waals surface area contributed by atoms with Gasteiger partial charge in [-0.3, -0.25) is 0 Å². The van der Waals surface area contributed by atoms with Crippen LogP contribution in [0.5, 0.6) is 11.5 Å². The zero-order valence-electron chi connectivity index (χ0n) is 40.4. The smallest absolute Gasteiger partial charge is 0.333 e. The second kappa shape index (κ2) is 25.8. The molecular weight excluding hydrogens is 901 g/mol. The molecule has 2 atom stereocenters. The number of aliphatic hydroxyl groups is 2. The summed E-state index contributed by atoms with van der Waals surface area (Å²) < 4.78 is 45.6. The summed E-state index contributed by atoms with van der Waals surface area (Å²) in [5.41, 5.74) is 10.4. The van der Waals surface area contributed by atoms with Gasteiger partial charge in [0, 0.05) is 22.3 Å². The van der Waals surface area contributed by atoms with Crippen molar-refractivity contribution in [1.82, 2.24) is 0 Å².